The van der Waals surface area contributed by atoms with Crippen LogP contribution in [0.3, 0.4) is 0 Å². The molecular formula is C14H8FN3O3. The van der Waals surface area contributed by atoms with Crippen molar-refractivity contribution >= 4 is 0 Å². The molecule has 0 amide bonds. The summed E-state index contributed by atoms with van der Waals surface area (Å²) in [4.78, 5) is 4.07. The van der Waals surface area contributed by atoms with Gasteiger partial charge in [0, 0.05) is 0 Å². The van der Waals surface area contributed by atoms with Crippen LogP contribution in [0.5, 0.6) is 5.75 Å². The monoisotopic (exact) mass is 285 g/mol. The third-order valence-corrected chi connectivity index (χ3v) is 2.65. The minimum Gasteiger partial charge on any atom is -0.482 e. The number of hydrogen-bond donors (Lipinski definition) is 0. The van der Waals surface area contributed by atoms with Crippen molar-refractivity contribution in [3.63, 3.8) is 0 Å². The molecule has 2 heterocycles. The molecule has 0 saturated carbocycles. The number of nitriles is 1. The van der Waals surface area contributed by atoms with Crippen LogP contribution < -0.4 is 4.74 Å². The Balaban J connectivity index is 1.74. The highest BCUT2D eigenvalue weighted by atomic mass is 19.1. The molecule has 1 aromatic carbocycles. The third-order valence-electron chi connectivity index (χ3n) is 2.65. The van der Waals surface area contributed by atoms with Crippen molar-refractivity contribution in [2.45, 2.75) is 6.61 Å². The zero-order chi connectivity index (χ0) is 14.7. The molecule has 0 aliphatic carbocycles. The van der Waals surface area contributed by atoms with E-state index in [1.54, 1.807) is 18.2 Å². The summed E-state index contributed by atoms with van der Waals surface area (Å²) in [6.07, 6.45) is 1.49. The van der Waals surface area contributed by atoms with Crippen molar-refractivity contribution in [1.82, 2.24) is 10.1 Å². The van der Waals surface area contributed by atoms with E-state index in [0.717, 1.165) is 0 Å². The molecule has 0 fully saturated rings. The highest BCUT2D eigenvalue weighted by molar-refractivity contribution is 5.45. The predicted octanol–water partition coefficient (Wildman–Crippen LogP) is 2.92. The summed E-state index contributed by atoms with van der Waals surface area (Å²) in [5.74, 6) is 0.424. The van der Waals surface area contributed by atoms with Gasteiger partial charge in [0.1, 0.15) is 23.2 Å². The van der Waals surface area contributed by atoms with Crippen molar-refractivity contribution in [3.05, 3.63) is 53.9 Å². The maximum atomic E-state index is 13.4. The lowest BCUT2D eigenvalue weighted by Crippen LogP contribution is -1.99. The molecule has 0 spiro atoms. The predicted molar refractivity (Wildman–Crippen MR) is 67.4 cm³/mol. The summed E-state index contributed by atoms with van der Waals surface area (Å²) < 4.78 is 28.9. The molecule has 0 N–H and O–H groups in total. The van der Waals surface area contributed by atoms with Crippen LogP contribution in [0.2, 0.25) is 0 Å². The first-order valence-electron chi connectivity index (χ1n) is 5.96. The molecule has 0 bridgehead atoms. The Morgan fingerprint density at radius 1 is 1.29 bits per heavy atom. The quantitative estimate of drug-likeness (QED) is 0.732. The van der Waals surface area contributed by atoms with Crippen molar-refractivity contribution in [2.75, 3.05) is 0 Å². The first-order chi connectivity index (χ1) is 10.3. The largest absolute Gasteiger partial charge is 0.482 e. The number of aromatic nitrogens is 2. The van der Waals surface area contributed by atoms with E-state index < -0.39 is 5.82 Å². The van der Waals surface area contributed by atoms with Crippen LogP contribution in [0.25, 0.3) is 11.6 Å². The lowest BCUT2D eigenvalue weighted by Gasteiger charge is -2.05. The lowest BCUT2D eigenvalue weighted by atomic mass is 10.2. The van der Waals surface area contributed by atoms with Gasteiger partial charge in [-0.2, -0.15) is 10.2 Å². The van der Waals surface area contributed by atoms with Gasteiger partial charge in [0.25, 0.3) is 5.89 Å². The van der Waals surface area contributed by atoms with Gasteiger partial charge in [-0.1, -0.05) is 11.2 Å². The Kier molecular flexibility index (Phi) is 3.35. The van der Waals surface area contributed by atoms with Gasteiger partial charge in [-0.3, -0.25) is 0 Å². The van der Waals surface area contributed by atoms with Gasteiger partial charge in [-0.25, -0.2) is 4.39 Å². The molecule has 0 radical (unpaired) electrons. The molecule has 0 unspecified atom stereocenters. The van der Waals surface area contributed by atoms with Crippen molar-refractivity contribution < 1.29 is 18.1 Å². The number of furan rings is 1. The number of hydrogen-bond acceptors (Lipinski definition) is 6. The van der Waals surface area contributed by atoms with Crippen molar-refractivity contribution in [1.29, 1.82) is 5.26 Å². The van der Waals surface area contributed by atoms with E-state index in [9.17, 15) is 4.39 Å². The second-order valence-corrected chi connectivity index (χ2v) is 4.00. The molecule has 0 aliphatic heterocycles. The third kappa shape index (κ3) is 2.60. The summed E-state index contributed by atoms with van der Waals surface area (Å²) in [7, 11) is 0. The van der Waals surface area contributed by atoms with Gasteiger partial charge < -0.3 is 13.7 Å². The molecule has 3 aromatic rings. The van der Waals surface area contributed by atoms with Gasteiger partial charge in [-0.05, 0) is 24.3 Å². The molecule has 21 heavy (non-hydrogen) atoms. The van der Waals surface area contributed by atoms with E-state index in [-0.39, 0.29) is 23.8 Å². The maximum Gasteiger partial charge on any atom is 0.264 e. The standard InChI is InChI=1S/C14H8FN3O3/c15-10-3-1-4-11(9(10)7-16)20-8-13-17-14(18-21-13)12-5-2-6-19-12/h1-6H,8H2. The Bertz CT molecular complexity index is 790. The fourth-order valence-corrected chi connectivity index (χ4v) is 1.69. The molecule has 3 rings (SSSR count). The normalized spacial score (nSPS) is 10.3. The van der Waals surface area contributed by atoms with E-state index in [4.69, 9.17) is 18.9 Å². The van der Waals surface area contributed by atoms with Crippen molar-refractivity contribution in [3.8, 4) is 23.4 Å². The van der Waals surface area contributed by atoms with Crippen molar-refractivity contribution in [2.24, 2.45) is 0 Å². The average Bonchev–Trinajstić information content (AvgIpc) is 3.16. The zero-order valence-electron chi connectivity index (χ0n) is 10.6. The Morgan fingerprint density at radius 3 is 2.95 bits per heavy atom. The first kappa shape index (κ1) is 12.9. The Morgan fingerprint density at radius 2 is 2.19 bits per heavy atom. The van der Waals surface area contributed by atoms with Gasteiger partial charge in [0.15, 0.2) is 12.4 Å². The molecular weight excluding hydrogens is 277 g/mol. The van der Waals surface area contributed by atoms with Crippen LogP contribution in [-0.4, -0.2) is 10.1 Å². The number of benzene rings is 1. The maximum absolute atomic E-state index is 13.4. The smallest absolute Gasteiger partial charge is 0.264 e. The fraction of sp³-hybridized carbons (Fsp3) is 0.0714. The van der Waals surface area contributed by atoms with Crippen LogP contribution in [0, 0.1) is 17.1 Å². The van der Waals surface area contributed by atoms with Crippen LogP contribution in [0.1, 0.15) is 11.5 Å². The molecule has 0 saturated heterocycles. The number of nitrogens with zero attached hydrogens (tertiary/aromatic N) is 3. The molecule has 0 aliphatic rings. The van der Waals surface area contributed by atoms with E-state index >= 15 is 0 Å². The highest BCUT2D eigenvalue weighted by Gasteiger charge is 2.13. The van der Waals surface area contributed by atoms with E-state index in [0.29, 0.717) is 11.6 Å². The summed E-state index contributed by atoms with van der Waals surface area (Å²) in [6, 6.07) is 9.27. The SMILES string of the molecule is N#Cc1c(F)cccc1OCc1nc(-c2ccco2)no1. The fourth-order valence-electron chi connectivity index (χ4n) is 1.69. The summed E-state index contributed by atoms with van der Waals surface area (Å²) >= 11 is 0. The van der Waals surface area contributed by atoms with Gasteiger partial charge in [-0.15, -0.1) is 0 Å². The Hall–Kier alpha value is -3.14. The zero-order valence-corrected chi connectivity index (χ0v) is 10.6. The number of halogens is 1. The molecule has 6 nitrogen and oxygen atoms in total. The lowest BCUT2D eigenvalue weighted by molar-refractivity contribution is 0.241. The number of rotatable bonds is 4. The van der Waals surface area contributed by atoms with Crippen LogP contribution in [-0.2, 0) is 6.61 Å². The van der Waals surface area contributed by atoms with Gasteiger partial charge in [0.2, 0.25) is 5.82 Å². The number of ether oxygens (including phenoxy) is 1. The minimum absolute atomic E-state index is 0.0775. The topological polar surface area (TPSA) is 85.1 Å². The summed E-state index contributed by atoms with van der Waals surface area (Å²) in [5, 5.41) is 12.6. The van der Waals surface area contributed by atoms with Crippen LogP contribution in [0.15, 0.2) is 45.5 Å². The van der Waals surface area contributed by atoms with Crippen LogP contribution >= 0.6 is 0 Å². The molecule has 104 valence electrons. The van der Waals surface area contributed by atoms with E-state index in [2.05, 4.69) is 10.1 Å². The second-order valence-electron chi connectivity index (χ2n) is 4.00. The molecule has 2 aromatic heterocycles. The van der Waals surface area contributed by atoms with E-state index in [1.165, 1.54) is 24.5 Å². The van der Waals surface area contributed by atoms with Gasteiger partial charge in [0.05, 0.1) is 6.26 Å². The first-order valence-corrected chi connectivity index (χ1v) is 5.96. The highest BCUT2D eigenvalue weighted by Crippen LogP contribution is 2.22. The Labute approximate surface area is 118 Å². The second kappa shape index (κ2) is 5.46. The molecule has 7 heteroatoms. The average molecular weight is 285 g/mol. The minimum atomic E-state index is -0.642. The summed E-state index contributed by atoms with van der Waals surface area (Å²) in [6.45, 7) is -0.0775. The molecule has 0 atom stereocenters. The van der Waals surface area contributed by atoms with Crippen LogP contribution in [0.4, 0.5) is 4.39 Å². The van der Waals surface area contributed by atoms with E-state index in [1.807, 2.05) is 0 Å². The van der Waals surface area contributed by atoms with Gasteiger partial charge >= 0.3 is 0 Å². The summed E-state index contributed by atoms with van der Waals surface area (Å²) in [5.41, 5.74) is -0.164.